The van der Waals surface area contributed by atoms with Crippen molar-refractivity contribution in [2.24, 2.45) is 5.73 Å². The minimum Gasteiger partial charge on any atom is -0.482 e. The molecule has 2 N–H and O–H groups in total. The van der Waals surface area contributed by atoms with Crippen LogP contribution in [0.25, 0.3) is 0 Å². The zero-order valence-electron chi connectivity index (χ0n) is 10.2. The molecular weight excluding hydrogens is 246 g/mol. The van der Waals surface area contributed by atoms with Crippen molar-refractivity contribution in [3.63, 3.8) is 0 Å². The Morgan fingerprint density at radius 1 is 1.32 bits per heavy atom. The smallest absolute Gasteiger partial charge is 0.310 e. The molecule has 1 heterocycles. The van der Waals surface area contributed by atoms with Gasteiger partial charge in [-0.25, -0.2) is 0 Å². The van der Waals surface area contributed by atoms with Crippen LogP contribution in [0.15, 0.2) is 42.7 Å². The first-order chi connectivity index (χ1) is 9.20. The minimum absolute atomic E-state index is 0.0684. The standard InChI is InChI=1S/C13H13N3O3/c14-7-10-3-4-12(16(17)18)13(6-10)19-9-11-2-1-5-15-8-11/h1-6,8H,7,9,14H2. The van der Waals surface area contributed by atoms with Crippen molar-refractivity contribution in [3.05, 3.63) is 64.0 Å². The Bertz CT molecular complexity index is 573. The summed E-state index contributed by atoms with van der Waals surface area (Å²) in [5, 5.41) is 10.9. The Balaban J connectivity index is 2.20. The molecule has 6 nitrogen and oxygen atoms in total. The lowest BCUT2D eigenvalue weighted by Gasteiger charge is -2.08. The van der Waals surface area contributed by atoms with Crippen molar-refractivity contribution in [2.45, 2.75) is 13.2 Å². The Labute approximate surface area is 110 Å². The van der Waals surface area contributed by atoms with Crippen molar-refractivity contribution in [2.75, 3.05) is 0 Å². The first-order valence-electron chi connectivity index (χ1n) is 5.70. The molecule has 0 bridgehead atoms. The van der Waals surface area contributed by atoms with E-state index < -0.39 is 4.92 Å². The van der Waals surface area contributed by atoms with Crippen LogP contribution >= 0.6 is 0 Å². The third-order valence-corrected chi connectivity index (χ3v) is 2.57. The van der Waals surface area contributed by atoms with Crippen LogP contribution in [0.1, 0.15) is 11.1 Å². The molecule has 0 atom stereocenters. The van der Waals surface area contributed by atoms with Gasteiger partial charge in [0.05, 0.1) is 4.92 Å². The predicted molar refractivity (Wildman–Crippen MR) is 69.6 cm³/mol. The second-order valence-electron chi connectivity index (χ2n) is 3.91. The normalized spacial score (nSPS) is 10.2. The third kappa shape index (κ3) is 3.26. The number of pyridine rings is 1. The summed E-state index contributed by atoms with van der Waals surface area (Å²) in [6.45, 7) is 0.532. The number of nitro benzene ring substituents is 1. The van der Waals surface area contributed by atoms with E-state index in [1.807, 2.05) is 6.07 Å². The molecule has 0 aliphatic rings. The van der Waals surface area contributed by atoms with Gasteiger partial charge in [-0.15, -0.1) is 0 Å². The topological polar surface area (TPSA) is 91.3 Å². The second kappa shape index (κ2) is 5.92. The zero-order valence-corrected chi connectivity index (χ0v) is 10.2. The van der Waals surface area contributed by atoms with Crippen LogP contribution in [0.2, 0.25) is 0 Å². The Morgan fingerprint density at radius 2 is 2.16 bits per heavy atom. The summed E-state index contributed by atoms with van der Waals surface area (Å²) in [4.78, 5) is 14.4. The predicted octanol–water partition coefficient (Wildman–Crippen LogP) is 2.03. The molecule has 0 aliphatic carbocycles. The van der Waals surface area contributed by atoms with Gasteiger partial charge in [-0.3, -0.25) is 15.1 Å². The Morgan fingerprint density at radius 3 is 2.79 bits per heavy atom. The van der Waals surface area contributed by atoms with E-state index in [0.29, 0.717) is 6.54 Å². The maximum absolute atomic E-state index is 10.9. The molecule has 0 amide bonds. The van der Waals surface area contributed by atoms with Gasteiger partial charge in [0.2, 0.25) is 0 Å². The highest BCUT2D eigenvalue weighted by Crippen LogP contribution is 2.28. The number of hydrogen-bond acceptors (Lipinski definition) is 5. The summed E-state index contributed by atoms with van der Waals surface area (Å²) in [5.74, 6) is 0.219. The van der Waals surface area contributed by atoms with E-state index in [2.05, 4.69) is 4.98 Å². The first kappa shape index (κ1) is 13.0. The molecule has 0 aliphatic heterocycles. The molecule has 1 aromatic carbocycles. The molecule has 19 heavy (non-hydrogen) atoms. The summed E-state index contributed by atoms with van der Waals surface area (Å²) in [5.41, 5.74) is 7.07. The number of nitro groups is 1. The highest BCUT2D eigenvalue weighted by molar-refractivity contribution is 5.48. The van der Waals surface area contributed by atoms with E-state index >= 15 is 0 Å². The van der Waals surface area contributed by atoms with Crippen LogP contribution in [-0.4, -0.2) is 9.91 Å². The third-order valence-electron chi connectivity index (χ3n) is 2.57. The highest BCUT2D eigenvalue weighted by atomic mass is 16.6. The van der Waals surface area contributed by atoms with Crippen molar-refractivity contribution in [1.82, 2.24) is 4.98 Å². The largest absolute Gasteiger partial charge is 0.482 e. The van der Waals surface area contributed by atoms with Crippen molar-refractivity contribution >= 4 is 5.69 Å². The first-order valence-corrected chi connectivity index (χ1v) is 5.70. The molecule has 1 aromatic heterocycles. The molecule has 6 heteroatoms. The van der Waals surface area contributed by atoms with Gasteiger partial charge >= 0.3 is 5.69 Å². The number of aromatic nitrogens is 1. The van der Waals surface area contributed by atoms with Crippen LogP contribution < -0.4 is 10.5 Å². The lowest BCUT2D eigenvalue weighted by atomic mass is 10.2. The summed E-state index contributed by atoms with van der Waals surface area (Å²) in [6.07, 6.45) is 3.31. The van der Waals surface area contributed by atoms with Crippen LogP contribution in [0.4, 0.5) is 5.69 Å². The minimum atomic E-state index is -0.473. The quantitative estimate of drug-likeness (QED) is 0.655. The molecule has 2 rings (SSSR count). The second-order valence-corrected chi connectivity index (χ2v) is 3.91. The van der Waals surface area contributed by atoms with Crippen molar-refractivity contribution in [1.29, 1.82) is 0 Å². The average Bonchev–Trinajstić information content (AvgIpc) is 2.45. The van der Waals surface area contributed by atoms with Crippen molar-refractivity contribution < 1.29 is 9.66 Å². The maximum atomic E-state index is 10.9. The van der Waals surface area contributed by atoms with E-state index in [-0.39, 0.29) is 18.0 Å². The molecule has 98 valence electrons. The number of nitrogens with two attached hydrogens (primary N) is 1. The number of hydrogen-bond donors (Lipinski definition) is 1. The zero-order chi connectivity index (χ0) is 13.7. The summed E-state index contributed by atoms with van der Waals surface area (Å²) in [6, 6.07) is 8.24. The van der Waals surface area contributed by atoms with E-state index in [0.717, 1.165) is 11.1 Å². The van der Waals surface area contributed by atoms with Crippen LogP contribution in [0.3, 0.4) is 0 Å². The van der Waals surface area contributed by atoms with Gasteiger partial charge in [-0.2, -0.15) is 0 Å². The van der Waals surface area contributed by atoms with Crippen molar-refractivity contribution in [3.8, 4) is 5.75 Å². The van der Waals surface area contributed by atoms with E-state index in [1.54, 1.807) is 30.6 Å². The fourth-order valence-corrected chi connectivity index (χ4v) is 1.60. The lowest BCUT2D eigenvalue weighted by Crippen LogP contribution is -2.02. The molecule has 2 aromatic rings. The molecule has 0 unspecified atom stereocenters. The summed E-state index contributed by atoms with van der Waals surface area (Å²) in [7, 11) is 0. The van der Waals surface area contributed by atoms with Gasteiger partial charge in [0, 0.05) is 30.6 Å². The van der Waals surface area contributed by atoms with Gasteiger partial charge in [0.25, 0.3) is 0 Å². The number of benzene rings is 1. The number of nitrogens with zero attached hydrogens (tertiary/aromatic N) is 2. The van der Waals surface area contributed by atoms with E-state index in [9.17, 15) is 10.1 Å². The maximum Gasteiger partial charge on any atom is 0.310 e. The number of ether oxygens (including phenoxy) is 1. The van der Waals surface area contributed by atoms with Gasteiger partial charge in [0.15, 0.2) is 5.75 Å². The monoisotopic (exact) mass is 259 g/mol. The van der Waals surface area contributed by atoms with E-state index in [1.165, 1.54) is 6.07 Å². The van der Waals surface area contributed by atoms with Gasteiger partial charge in [-0.05, 0) is 17.7 Å². The molecule has 0 radical (unpaired) electrons. The Kier molecular flexibility index (Phi) is 4.04. The van der Waals surface area contributed by atoms with E-state index in [4.69, 9.17) is 10.5 Å². The molecule has 0 spiro atoms. The van der Waals surface area contributed by atoms with Crippen LogP contribution in [0.5, 0.6) is 5.75 Å². The average molecular weight is 259 g/mol. The van der Waals surface area contributed by atoms with Crippen LogP contribution in [0, 0.1) is 10.1 Å². The Hall–Kier alpha value is -2.47. The SMILES string of the molecule is NCc1ccc([N+](=O)[O-])c(OCc2cccnc2)c1. The molecule has 0 fully saturated rings. The molecular formula is C13H13N3O3. The highest BCUT2D eigenvalue weighted by Gasteiger charge is 2.15. The van der Waals surface area contributed by atoms with Gasteiger partial charge < -0.3 is 10.5 Å². The molecule has 0 saturated carbocycles. The molecule has 0 saturated heterocycles. The fraction of sp³-hybridized carbons (Fsp3) is 0.154. The lowest BCUT2D eigenvalue weighted by molar-refractivity contribution is -0.386. The summed E-state index contributed by atoms with van der Waals surface area (Å²) >= 11 is 0. The van der Waals surface area contributed by atoms with Gasteiger partial charge in [0.1, 0.15) is 6.61 Å². The van der Waals surface area contributed by atoms with Crippen LogP contribution in [-0.2, 0) is 13.2 Å². The summed E-state index contributed by atoms with van der Waals surface area (Å²) < 4.78 is 5.49. The number of rotatable bonds is 5. The van der Waals surface area contributed by atoms with Gasteiger partial charge in [-0.1, -0.05) is 12.1 Å². The fourth-order valence-electron chi connectivity index (χ4n) is 1.60.